The zero-order valence-corrected chi connectivity index (χ0v) is 73.6. The number of nitrogens with one attached hydrogen (secondary N) is 15. The summed E-state index contributed by atoms with van der Waals surface area (Å²) in [6.07, 6.45) is 1.31. The predicted octanol–water partition coefficient (Wildman–Crippen LogP) is -1.65. The number of hydrogen-bond acceptors (Lipinski definition) is 24. The molecule has 14 amide bonds. The van der Waals surface area contributed by atoms with Crippen molar-refractivity contribution in [2.75, 3.05) is 6.61 Å². The third-order valence-electron chi connectivity index (χ3n) is 22.7. The molecule has 128 heavy (non-hydrogen) atoms. The molecule has 0 saturated heterocycles. The van der Waals surface area contributed by atoms with Gasteiger partial charge >= 0.3 is 5.97 Å². The first-order valence-corrected chi connectivity index (χ1v) is 43.1. The van der Waals surface area contributed by atoms with Gasteiger partial charge in [0.1, 0.15) is 77.2 Å². The summed E-state index contributed by atoms with van der Waals surface area (Å²) in [5.74, 6) is -17.7. The van der Waals surface area contributed by atoms with Gasteiger partial charge in [-0.25, -0.2) is 15.5 Å². The fraction of sp³-hybridized carbons (Fsp3) is 0.552. The van der Waals surface area contributed by atoms with Gasteiger partial charge in [0.15, 0.2) is 0 Å². The number of nitrogens with two attached hydrogens (primary N) is 2. The van der Waals surface area contributed by atoms with Crippen LogP contribution in [0.15, 0.2) is 91.3 Å². The average molecular weight is 1790 g/mol. The summed E-state index contributed by atoms with van der Waals surface area (Å²) in [7, 11) is 0. The number of aromatic nitrogens is 4. The van der Waals surface area contributed by atoms with Gasteiger partial charge in [-0.15, -0.1) is 5.10 Å². The summed E-state index contributed by atoms with van der Waals surface area (Å²) in [6.45, 7) is 11.7. The van der Waals surface area contributed by atoms with Crippen LogP contribution >= 0.6 is 0 Å². The van der Waals surface area contributed by atoms with Gasteiger partial charge in [-0.2, -0.15) is 0 Å². The number of Topliss-reactive ketones (excluding diaryl/α,β-unsaturated/α-hetero) is 2. The minimum absolute atomic E-state index is 0.0605. The molecule has 3 aromatic carbocycles. The number of carboxylic acid groups (broad SMARTS) is 1. The lowest BCUT2D eigenvalue weighted by atomic mass is 9.80. The number of aromatic amines is 1. The molecule has 2 aromatic heterocycles. The molecule has 23 N–H and O–H groups in total. The number of fused-ring (bicyclic) bond motifs is 2. The van der Waals surface area contributed by atoms with E-state index in [-0.39, 0.29) is 81.9 Å². The molecule has 1 saturated carbocycles. The number of aliphatic hydroxyl groups excluding tert-OH is 2. The van der Waals surface area contributed by atoms with Crippen LogP contribution in [0, 0.1) is 11.8 Å². The van der Waals surface area contributed by atoms with Crippen LogP contribution in [0.25, 0.3) is 10.9 Å². The molecular weight excluding hydrogens is 1660 g/mol. The number of para-hydroxylation sites is 1. The molecule has 15 atom stereocenters. The van der Waals surface area contributed by atoms with Crippen LogP contribution < -0.4 is 86.1 Å². The Morgan fingerprint density at radius 1 is 0.602 bits per heavy atom. The summed E-state index contributed by atoms with van der Waals surface area (Å²) < 4.78 is 1.60. The van der Waals surface area contributed by atoms with Crippen molar-refractivity contribution in [1.82, 2.24) is 94.6 Å². The number of aliphatic hydroxyl groups is 2. The number of aromatic hydroxyl groups is 1. The molecule has 41 nitrogen and oxygen atoms in total. The number of ketones is 2. The van der Waals surface area contributed by atoms with Crippen molar-refractivity contribution in [2.24, 2.45) is 23.3 Å². The first kappa shape index (κ1) is 102. The van der Waals surface area contributed by atoms with Crippen molar-refractivity contribution in [1.29, 1.82) is 0 Å². The summed E-state index contributed by atoms with van der Waals surface area (Å²) in [4.78, 5) is 244. The Morgan fingerprint density at radius 3 is 1.86 bits per heavy atom. The predicted molar refractivity (Wildman–Crippen MR) is 464 cm³/mol. The van der Waals surface area contributed by atoms with Gasteiger partial charge in [0.25, 0.3) is 0 Å². The summed E-state index contributed by atoms with van der Waals surface area (Å²) in [6, 6.07) is 1.85. The molecule has 4 unspecified atom stereocenters. The highest BCUT2D eigenvalue weighted by Crippen LogP contribution is 2.31. The zero-order chi connectivity index (χ0) is 94.3. The van der Waals surface area contributed by atoms with Crippen LogP contribution in [0.3, 0.4) is 0 Å². The van der Waals surface area contributed by atoms with Crippen LogP contribution in [0.4, 0.5) is 0 Å². The van der Waals surface area contributed by atoms with Crippen LogP contribution in [-0.4, -0.2) is 237 Å². The van der Waals surface area contributed by atoms with Crippen molar-refractivity contribution in [2.45, 2.75) is 287 Å². The number of hydrogen-bond donors (Lipinski definition) is 21. The van der Waals surface area contributed by atoms with Crippen molar-refractivity contribution in [3.8, 4) is 5.75 Å². The second-order valence-corrected chi connectivity index (χ2v) is 33.9. The highest BCUT2D eigenvalue weighted by Gasteiger charge is 2.44. The number of carbonyl (C=O) groups excluding carboxylic acids is 16. The molecule has 41 heteroatoms. The minimum Gasteiger partial charge on any atom is -0.508 e. The Kier molecular flexibility index (Phi) is 39.1. The first-order chi connectivity index (χ1) is 60.6. The normalized spacial score (nSPS) is 22.5. The number of carboxylic acids is 1. The highest BCUT2D eigenvalue weighted by atomic mass is 16.4. The Labute approximate surface area is 740 Å². The van der Waals surface area contributed by atoms with E-state index >= 15 is 28.8 Å². The largest absolute Gasteiger partial charge is 0.508 e. The molecular formula is C87H124N20O21. The van der Waals surface area contributed by atoms with E-state index < -0.39 is 229 Å². The fourth-order valence-electron chi connectivity index (χ4n) is 14.8. The lowest BCUT2D eigenvalue weighted by Crippen LogP contribution is -2.65. The third kappa shape index (κ3) is 31.4. The first-order valence-electron chi connectivity index (χ1n) is 43.1. The van der Waals surface area contributed by atoms with Gasteiger partial charge < -0.3 is 101 Å². The van der Waals surface area contributed by atoms with Gasteiger partial charge in [-0.05, 0) is 146 Å². The lowest BCUT2D eigenvalue weighted by molar-refractivity contribution is -0.141. The topological polar surface area (TPSA) is 638 Å². The maximum absolute atomic E-state index is 15.6. The van der Waals surface area contributed by atoms with E-state index in [9.17, 15) is 73.2 Å². The standard InChI is InChI=1S/C87H124N20O21/c1-47(2)39-63(95-52(7)110)79(122)101-71(51(6)109)83(126)98-65(40-53-21-13-12-14-22-53)81(124)102-86(8)36-17-10-11-18-38-107-57(45-91-106-107)25-20-37-87(9,85(128)100-68(46-108)80(123)94-50(5)75(118)93-49(4)74(89)117)103-82(125)67(42-54-23-19-24-54)105-104-61(32-34-69(88)112)73(116)72(115)48(3)92-77(120)66(43-56-44-90-60-27-16-15-26-59(56)60)97-78(121)64(41-55-28-30-58(111)31-29-55)96-76(119)62(99-84(86)127)33-35-70(113)114/h12-16,21-22,26-31,44-45,47-51,54,61-68,71,90,104-105,108-109,111H,10-11,17-20,23-25,32-43,46H2,1-9H3,(H2,88,112)(H2,89,117)(H,92,120)(H,93,118)(H,94,123)(H,95,110)(H,96,119)(H,97,121)(H,98,126)(H,99,127)(H,100,128)(H,101,122)(H,102,124)(H,103,125)(H,113,114)/t48?,49?,50-,51+,61-,62-,63-,64?,65-,66-,67-,68?,71-,86+,87-/m0/s1. The van der Waals surface area contributed by atoms with Gasteiger partial charge in [0.05, 0.1) is 36.7 Å². The second-order valence-electron chi connectivity index (χ2n) is 33.9. The number of benzene rings is 3. The number of H-pyrrole nitrogens is 1. The molecule has 698 valence electrons. The number of nitrogens with zero attached hydrogens (tertiary/aromatic N) is 3. The number of aliphatic carboxylic acids is 1. The SMILES string of the molecule is CC(=O)N[C@@H](CC(C)C)C(=O)N[C@H](C(=O)N[C@@H](Cc1ccccc1)C(=O)N[C@]1(C)CCCCCCn2nncc2CCC[C@@](C)(C(=O)NC(CO)C(=O)N[C@@H](C)C(=O)NC(C)C(N)=O)NC(=O)[C@H](CC2CCC2)NN[C@@H](CCC(N)=O)C(=O)C(=O)C(C)NC(=O)[C@H](Cc2c[nH]c3ccccc23)NC(=O)C(Cc2ccc(O)cc2)NC(=O)[C@H](CCC(=O)O)NC1=O)[C@@H](C)O. The Bertz CT molecular complexity index is 4730. The Morgan fingerprint density at radius 2 is 1.23 bits per heavy atom. The van der Waals surface area contributed by atoms with Gasteiger partial charge in [-0.3, -0.25) is 81.5 Å². The summed E-state index contributed by atoms with van der Waals surface area (Å²) in [5, 5.41) is 82.5. The minimum atomic E-state index is -2.11. The van der Waals surface area contributed by atoms with Gasteiger partial charge in [0.2, 0.25) is 94.3 Å². The molecule has 1 fully saturated rings. The maximum atomic E-state index is 15.6. The van der Waals surface area contributed by atoms with E-state index in [0.717, 1.165) is 6.42 Å². The Balaban J connectivity index is 1.31. The van der Waals surface area contributed by atoms with Crippen molar-refractivity contribution < 1.29 is 102 Å². The smallest absolute Gasteiger partial charge is 0.303 e. The summed E-state index contributed by atoms with van der Waals surface area (Å²) >= 11 is 0. The van der Waals surface area contributed by atoms with E-state index in [1.54, 1.807) is 79.3 Å². The summed E-state index contributed by atoms with van der Waals surface area (Å²) in [5.41, 5.74) is 14.8. The Hall–Kier alpha value is -12.6. The maximum Gasteiger partial charge on any atom is 0.303 e. The number of primary amides is 2. The monoisotopic (exact) mass is 1780 g/mol. The molecule has 2 aliphatic rings. The molecule has 0 radical (unpaired) electrons. The average Bonchev–Trinajstić information content (AvgIpc) is 0.998. The molecule has 0 bridgehead atoms. The van der Waals surface area contributed by atoms with Crippen LogP contribution in [-0.2, 0) is 114 Å². The van der Waals surface area contributed by atoms with E-state index in [0.29, 0.717) is 65.4 Å². The molecule has 0 spiro atoms. The number of phenols is 1. The van der Waals surface area contributed by atoms with Crippen molar-refractivity contribution in [3.05, 3.63) is 114 Å². The van der Waals surface area contributed by atoms with Crippen LogP contribution in [0.5, 0.6) is 5.75 Å². The number of aryl methyl sites for hydroxylation is 2. The van der Waals surface area contributed by atoms with E-state index in [1.807, 2.05) is 0 Å². The fourth-order valence-corrected chi connectivity index (χ4v) is 14.8. The lowest BCUT2D eigenvalue weighted by Gasteiger charge is -2.35. The molecule has 1 aliphatic heterocycles. The molecule has 3 heterocycles. The second kappa shape index (κ2) is 48.9. The quantitative estimate of drug-likeness (QED) is 0.0215. The van der Waals surface area contributed by atoms with Crippen molar-refractivity contribution in [3.63, 3.8) is 0 Å². The molecule has 1 aliphatic carbocycles. The van der Waals surface area contributed by atoms with E-state index in [2.05, 4.69) is 89.9 Å². The van der Waals surface area contributed by atoms with E-state index in [4.69, 9.17) is 11.5 Å². The highest BCUT2D eigenvalue weighted by molar-refractivity contribution is 6.41. The number of amides is 14. The number of rotatable bonds is 32. The zero-order valence-electron chi connectivity index (χ0n) is 73.6. The number of hydrazine groups is 1. The third-order valence-corrected chi connectivity index (χ3v) is 22.7. The number of phenolic OH excluding ortho intramolecular Hbond substituents is 1. The van der Waals surface area contributed by atoms with E-state index in [1.165, 1.54) is 78.9 Å². The van der Waals surface area contributed by atoms with Crippen molar-refractivity contribution >= 4 is 111 Å². The molecule has 7 rings (SSSR count). The molecule has 5 aromatic rings. The van der Waals surface area contributed by atoms with Gasteiger partial charge in [0, 0.05) is 62.7 Å². The van der Waals surface area contributed by atoms with Crippen LogP contribution in [0.1, 0.15) is 187 Å². The number of carbonyl (C=O) groups is 17. The van der Waals surface area contributed by atoms with Crippen LogP contribution in [0.2, 0.25) is 0 Å². The van der Waals surface area contributed by atoms with Gasteiger partial charge in [-0.1, -0.05) is 118 Å².